The van der Waals surface area contributed by atoms with E-state index in [1.54, 1.807) is 24.3 Å². The van der Waals surface area contributed by atoms with E-state index in [0.29, 0.717) is 23.9 Å². The third kappa shape index (κ3) is 5.33. The molecule has 3 aromatic carbocycles. The molecule has 0 atom stereocenters. The molecule has 1 amide bonds. The Bertz CT molecular complexity index is 1160. The van der Waals surface area contributed by atoms with Crippen molar-refractivity contribution in [1.29, 1.82) is 0 Å². The van der Waals surface area contributed by atoms with Crippen LogP contribution in [0.1, 0.15) is 0 Å². The highest BCUT2D eigenvalue weighted by atomic mass is 19.1. The summed E-state index contributed by atoms with van der Waals surface area (Å²) in [6.07, 6.45) is 0. The van der Waals surface area contributed by atoms with Crippen molar-refractivity contribution in [2.24, 2.45) is 0 Å². The van der Waals surface area contributed by atoms with Crippen LogP contribution in [0.2, 0.25) is 0 Å². The van der Waals surface area contributed by atoms with Gasteiger partial charge in [-0.3, -0.25) is 4.79 Å². The minimum absolute atomic E-state index is 0.0832. The number of nitrogens with zero attached hydrogens (tertiary/aromatic N) is 2. The van der Waals surface area contributed by atoms with Crippen molar-refractivity contribution in [3.05, 3.63) is 84.7 Å². The van der Waals surface area contributed by atoms with Crippen molar-refractivity contribution in [3.63, 3.8) is 0 Å². The lowest BCUT2D eigenvalue weighted by atomic mass is 10.1. The molecule has 156 valence electrons. The lowest BCUT2D eigenvalue weighted by molar-refractivity contribution is -0.123. The van der Waals surface area contributed by atoms with Crippen LogP contribution >= 0.6 is 0 Å². The summed E-state index contributed by atoms with van der Waals surface area (Å²) in [4.78, 5) is 12.0. The van der Waals surface area contributed by atoms with Gasteiger partial charge in [-0.2, -0.15) is 0 Å². The van der Waals surface area contributed by atoms with Crippen LogP contribution in [0, 0.1) is 5.82 Å². The fraction of sp³-hybridized carbons (Fsp3) is 0.125. The normalized spacial score (nSPS) is 10.6. The Hall–Kier alpha value is -4.00. The number of benzene rings is 3. The number of halogens is 1. The van der Waals surface area contributed by atoms with Crippen molar-refractivity contribution in [2.75, 3.05) is 19.8 Å². The Kier molecular flexibility index (Phi) is 6.32. The summed E-state index contributed by atoms with van der Waals surface area (Å²) in [5.74, 6) is 0.462. The number of rotatable bonds is 8. The van der Waals surface area contributed by atoms with Crippen molar-refractivity contribution >= 4 is 16.7 Å². The number of carbonyl (C=O) groups excluding carboxylic acids is 1. The molecule has 31 heavy (non-hydrogen) atoms. The smallest absolute Gasteiger partial charge is 0.258 e. The average Bonchev–Trinajstić information content (AvgIpc) is 2.81. The van der Waals surface area contributed by atoms with Gasteiger partial charge in [0.05, 0.1) is 12.2 Å². The zero-order chi connectivity index (χ0) is 21.5. The standard InChI is InChI=1S/C24H20FN3O3/c25-19-10-8-18(9-11-19)21-12-13-24(28-27-21)30-15-14-26-23(29)16-31-22-7-3-5-17-4-1-2-6-20(17)22/h1-13H,14-16H2,(H,26,29). The van der Waals surface area contributed by atoms with Gasteiger partial charge in [-0.25, -0.2) is 4.39 Å². The molecule has 0 unspecified atom stereocenters. The number of nitrogens with one attached hydrogen (secondary N) is 1. The number of hydrogen-bond donors (Lipinski definition) is 1. The van der Waals surface area contributed by atoms with Gasteiger partial charge in [0.25, 0.3) is 5.91 Å². The summed E-state index contributed by atoms with van der Waals surface area (Å²) in [6.45, 7) is 0.462. The fourth-order valence-electron chi connectivity index (χ4n) is 3.03. The van der Waals surface area contributed by atoms with Crippen molar-refractivity contribution in [2.45, 2.75) is 0 Å². The van der Waals surface area contributed by atoms with E-state index in [9.17, 15) is 9.18 Å². The van der Waals surface area contributed by atoms with Gasteiger partial charge in [-0.1, -0.05) is 36.4 Å². The summed E-state index contributed by atoms with van der Waals surface area (Å²) in [5.41, 5.74) is 1.38. The van der Waals surface area contributed by atoms with Gasteiger partial charge in [0, 0.05) is 17.0 Å². The Morgan fingerprint density at radius 1 is 0.871 bits per heavy atom. The minimum Gasteiger partial charge on any atom is -0.483 e. The maximum absolute atomic E-state index is 13.0. The second kappa shape index (κ2) is 9.67. The molecule has 7 heteroatoms. The molecule has 1 heterocycles. The molecule has 4 aromatic rings. The molecular formula is C24H20FN3O3. The molecule has 6 nitrogen and oxygen atoms in total. The Labute approximate surface area is 178 Å². The Morgan fingerprint density at radius 3 is 2.48 bits per heavy atom. The van der Waals surface area contributed by atoms with Crippen molar-refractivity contribution < 1.29 is 18.7 Å². The summed E-state index contributed by atoms with van der Waals surface area (Å²) in [5, 5.41) is 12.8. The van der Waals surface area contributed by atoms with Crippen LogP contribution in [0.4, 0.5) is 4.39 Å². The fourth-order valence-corrected chi connectivity index (χ4v) is 3.03. The maximum Gasteiger partial charge on any atom is 0.258 e. The van der Waals surface area contributed by atoms with E-state index in [4.69, 9.17) is 9.47 Å². The van der Waals surface area contributed by atoms with Crippen LogP contribution in [0.15, 0.2) is 78.9 Å². The second-order valence-corrected chi connectivity index (χ2v) is 6.73. The van der Waals surface area contributed by atoms with Gasteiger partial charge in [-0.05, 0) is 41.8 Å². The van der Waals surface area contributed by atoms with Crippen LogP contribution in [0.25, 0.3) is 22.0 Å². The molecule has 0 saturated heterocycles. The summed E-state index contributed by atoms with van der Waals surface area (Å²) in [6, 6.07) is 23.0. The van der Waals surface area contributed by atoms with E-state index < -0.39 is 0 Å². The van der Waals surface area contributed by atoms with Crippen LogP contribution in [0.3, 0.4) is 0 Å². The topological polar surface area (TPSA) is 73.3 Å². The van der Waals surface area contributed by atoms with E-state index in [2.05, 4.69) is 15.5 Å². The van der Waals surface area contributed by atoms with E-state index in [1.807, 2.05) is 42.5 Å². The zero-order valence-corrected chi connectivity index (χ0v) is 16.6. The van der Waals surface area contributed by atoms with Crippen LogP contribution in [0.5, 0.6) is 11.6 Å². The molecule has 0 spiro atoms. The van der Waals surface area contributed by atoms with Gasteiger partial charge < -0.3 is 14.8 Å². The predicted octanol–water partition coefficient (Wildman–Crippen LogP) is 4.01. The molecule has 0 aliphatic rings. The van der Waals surface area contributed by atoms with Crippen molar-refractivity contribution in [1.82, 2.24) is 15.5 Å². The quantitative estimate of drug-likeness (QED) is 0.439. The first-order valence-corrected chi connectivity index (χ1v) is 9.79. The number of hydrogen-bond acceptors (Lipinski definition) is 5. The van der Waals surface area contributed by atoms with E-state index >= 15 is 0 Å². The molecule has 0 radical (unpaired) electrons. The van der Waals surface area contributed by atoms with E-state index in [0.717, 1.165) is 16.3 Å². The first-order valence-electron chi connectivity index (χ1n) is 9.79. The molecule has 4 rings (SSSR count). The number of amides is 1. The molecule has 0 saturated carbocycles. The number of carbonyl (C=O) groups is 1. The largest absolute Gasteiger partial charge is 0.483 e. The SMILES string of the molecule is O=C(COc1cccc2ccccc12)NCCOc1ccc(-c2ccc(F)cc2)nn1. The number of aromatic nitrogens is 2. The van der Waals surface area contributed by atoms with Gasteiger partial charge in [0.2, 0.25) is 5.88 Å². The molecule has 0 bridgehead atoms. The number of fused-ring (bicyclic) bond motifs is 1. The Morgan fingerprint density at radius 2 is 1.68 bits per heavy atom. The maximum atomic E-state index is 13.0. The minimum atomic E-state index is -0.304. The molecule has 0 aliphatic heterocycles. The predicted molar refractivity (Wildman–Crippen MR) is 115 cm³/mol. The highest BCUT2D eigenvalue weighted by molar-refractivity contribution is 5.88. The third-order valence-corrected chi connectivity index (χ3v) is 4.56. The van der Waals surface area contributed by atoms with Gasteiger partial charge in [-0.15, -0.1) is 10.2 Å². The monoisotopic (exact) mass is 417 g/mol. The van der Waals surface area contributed by atoms with E-state index in [-0.39, 0.29) is 24.9 Å². The second-order valence-electron chi connectivity index (χ2n) is 6.73. The summed E-state index contributed by atoms with van der Waals surface area (Å²) < 4.78 is 24.2. The van der Waals surface area contributed by atoms with Gasteiger partial charge in [0.15, 0.2) is 6.61 Å². The molecular weight excluding hydrogens is 397 g/mol. The first kappa shape index (κ1) is 20.3. The molecule has 0 fully saturated rings. The molecule has 0 aliphatic carbocycles. The lowest BCUT2D eigenvalue weighted by Crippen LogP contribution is -2.32. The van der Waals surface area contributed by atoms with Gasteiger partial charge >= 0.3 is 0 Å². The summed E-state index contributed by atoms with van der Waals surface area (Å²) >= 11 is 0. The van der Waals surface area contributed by atoms with Crippen LogP contribution in [-0.2, 0) is 4.79 Å². The average molecular weight is 417 g/mol. The first-order chi connectivity index (χ1) is 15.2. The van der Waals surface area contributed by atoms with Gasteiger partial charge in [0.1, 0.15) is 18.2 Å². The molecule has 1 N–H and O–H groups in total. The summed E-state index contributed by atoms with van der Waals surface area (Å²) in [7, 11) is 0. The molecule has 1 aromatic heterocycles. The highest BCUT2D eigenvalue weighted by Gasteiger charge is 2.06. The number of ether oxygens (including phenoxy) is 2. The van der Waals surface area contributed by atoms with E-state index in [1.165, 1.54) is 12.1 Å². The Balaban J connectivity index is 1.20. The lowest BCUT2D eigenvalue weighted by Gasteiger charge is -2.10. The highest BCUT2D eigenvalue weighted by Crippen LogP contribution is 2.25. The van der Waals surface area contributed by atoms with Crippen molar-refractivity contribution in [3.8, 4) is 22.9 Å². The third-order valence-electron chi connectivity index (χ3n) is 4.56. The van der Waals surface area contributed by atoms with Crippen LogP contribution < -0.4 is 14.8 Å². The van der Waals surface area contributed by atoms with Crippen LogP contribution in [-0.4, -0.2) is 35.9 Å². The zero-order valence-electron chi connectivity index (χ0n) is 16.6.